The van der Waals surface area contributed by atoms with Crippen molar-refractivity contribution >= 4 is 22.6 Å². The zero-order chi connectivity index (χ0) is 12.7. The maximum atomic E-state index is 11.5. The minimum Gasteiger partial charge on any atom is -0.366 e. The van der Waals surface area contributed by atoms with Crippen LogP contribution in [0.1, 0.15) is 10.4 Å². The molecular formula is C13H14N4O. The van der Waals surface area contributed by atoms with E-state index in [0.29, 0.717) is 5.56 Å². The normalized spacial score (nSPS) is 15.7. The fraction of sp³-hybridized carbons (Fsp3) is 0.231. The maximum absolute atomic E-state index is 11.5. The Kier molecular flexibility index (Phi) is 2.41. The van der Waals surface area contributed by atoms with Crippen LogP contribution in [0.25, 0.3) is 10.9 Å². The number of fused-ring (bicyclic) bond motifs is 1. The molecular weight excluding hydrogens is 228 g/mol. The molecule has 1 aromatic carbocycles. The van der Waals surface area contributed by atoms with E-state index in [-0.39, 0.29) is 6.04 Å². The molecule has 18 heavy (non-hydrogen) atoms. The molecule has 0 spiro atoms. The van der Waals surface area contributed by atoms with Crippen LogP contribution in [0.3, 0.4) is 0 Å². The Hall–Kier alpha value is -2.14. The molecule has 1 aromatic heterocycles. The van der Waals surface area contributed by atoms with Crippen LogP contribution in [0.5, 0.6) is 0 Å². The van der Waals surface area contributed by atoms with Crippen LogP contribution in [0.15, 0.2) is 30.3 Å². The van der Waals surface area contributed by atoms with Crippen molar-refractivity contribution < 1.29 is 4.79 Å². The molecule has 1 fully saturated rings. The lowest BCUT2D eigenvalue weighted by Gasteiger charge is -2.38. The Labute approximate surface area is 104 Å². The summed E-state index contributed by atoms with van der Waals surface area (Å²) in [6.45, 7) is 1.53. The Morgan fingerprint density at radius 2 is 2.06 bits per heavy atom. The van der Waals surface area contributed by atoms with Crippen molar-refractivity contribution in [1.82, 2.24) is 4.98 Å². The van der Waals surface area contributed by atoms with E-state index in [1.807, 2.05) is 29.2 Å². The summed E-state index contributed by atoms with van der Waals surface area (Å²) in [5.74, 6) is 0.337. The maximum Gasteiger partial charge on any atom is 0.249 e. The predicted molar refractivity (Wildman–Crippen MR) is 70.4 cm³/mol. The van der Waals surface area contributed by atoms with Crippen LogP contribution in [-0.4, -0.2) is 30.0 Å². The van der Waals surface area contributed by atoms with Crippen LogP contribution < -0.4 is 16.4 Å². The summed E-state index contributed by atoms with van der Waals surface area (Å²) >= 11 is 0. The van der Waals surface area contributed by atoms with Crippen LogP contribution in [-0.2, 0) is 0 Å². The third-order valence-corrected chi connectivity index (χ3v) is 3.20. The zero-order valence-electron chi connectivity index (χ0n) is 9.84. The molecule has 0 radical (unpaired) electrons. The minimum atomic E-state index is -0.431. The van der Waals surface area contributed by atoms with Gasteiger partial charge in [-0.3, -0.25) is 4.79 Å². The van der Waals surface area contributed by atoms with Crippen molar-refractivity contribution in [3.8, 4) is 0 Å². The summed E-state index contributed by atoms with van der Waals surface area (Å²) in [5.41, 5.74) is 12.5. The van der Waals surface area contributed by atoms with Crippen LogP contribution >= 0.6 is 0 Å². The summed E-state index contributed by atoms with van der Waals surface area (Å²) in [5, 5.41) is 0.790. The first-order valence-electron chi connectivity index (χ1n) is 5.85. The van der Waals surface area contributed by atoms with Crippen molar-refractivity contribution in [2.45, 2.75) is 6.04 Å². The van der Waals surface area contributed by atoms with Crippen molar-refractivity contribution in [3.63, 3.8) is 0 Å². The molecule has 0 bridgehead atoms. The molecule has 0 aliphatic carbocycles. The lowest BCUT2D eigenvalue weighted by Crippen LogP contribution is -2.56. The highest BCUT2D eigenvalue weighted by atomic mass is 16.1. The Balaban J connectivity index is 2.14. The largest absolute Gasteiger partial charge is 0.366 e. The van der Waals surface area contributed by atoms with Crippen LogP contribution in [0, 0.1) is 0 Å². The number of nitrogens with zero attached hydrogens (tertiary/aromatic N) is 2. The molecule has 0 atom stereocenters. The highest BCUT2D eigenvalue weighted by Gasteiger charge is 2.25. The molecule has 0 unspecified atom stereocenters. The second kappa shape index (κ2) is 3.96. The molecule has 1 aliphatic heterocycles. The van der Waals surface area contributed by atoms with Gasteiger partial charge in [0.1, 0.15) is 5.82 Å². The number of carbonyl (C=O) groups is 1. The van der Waals surface area contributed by atoms with Gasteiger partial charge in [-0.05, 0) is 12.1 Å². The van der Waals surface area contributed by atoms with E-state index in [1.54, 1.807) is 6.07 Å². The van der Waals surface area contributed by atoms with Crippen molar-refractivity contribution in [2.75, 3.05) is 18.0 Å². The number of anilines is 1. The van der Waals surface area contributed by atoms with Gasteiger partial charge >= 0.3 is 0 Å². The molecule has 1 aliphatic rings. The molecule has 4 N–H and O–H groups in total. The van der Waals surface area contributed by atoms with Crippen molar-refractivity contribution in [2.24, 2.45) is 11.5 Å². The summed E-state index contributed by atoms with van der Waals surface area (Å²) in [6.07, 6.45) is 0. The fourth-order valence-corrected chi connectivity index (χ4v) is 2.23. The van der Waals surface area contributed by atoms with E-state index in [0.717, 1.165) is 29.8 Å². The lowest BCUT2D eigenvalue weighted by molar-refractivity contribution is 0.100. The summed E-state index contributed by atoms with van der Waals surface area (Å²) < 4.78 is 0. The number of primary amides is 1. The Morgan fingerprint density at radius 1 is 1.33 bits per heavy atom. The van der Waals surface area contributed by atoms with Crippen molar-refractivity contribution in [3.05, 3.63) is 35.9 Å². The molecule has 2 heterocycles. The number of hydrogen-bond donors (Lipinski definition) is 2. The number of hydrogen-bond acceptors (Lipinski definition) is 4. The molecule has 3 rings (SSSR count). The minimum absolute atomic E-state index is 0.190. The van der Waals surface area contributed by atoms with Gasteiger partial charge in [0.15, 0.2) is 0 Å². The molecule has 5 nitrogen and oxygen atoms in total. The molecule has 5 heteroatoms. The fourth-order valence-electron chi connectivity index (χ4n) is 2.23. The molecule has 1 saturated heterocycles. The summed E-state index contributed by atoms with van der Waals surface area (Å²) in [4.78, 5) is 18.1. The second-order valence-corrected chi connectivity index (χ2v) is 4.57. The first-order chi connectivity index (χ1) is 8.65. The molecule has 1 amide bonds. The van der Waals surface area contributed by atoms with Gasteiger partial charge in [0.05, 0.1) is 11.1 Å². The van der Waals surface area contributed by atoms with Gasteiger partial charge < -0.3 is 16.4 Å². The Bertz CT molecular complexity index is 619. The highest BCUT2D eigenvalue weighted by Crippen LogP contribution is 2.25. The van der Waals surface area contributed by atoms with E-state index in [4.69, 9.17) is 11.5 Å². The SMILES string of the molecule is NC(=O)c1cc(N2CC(N)C2)nc2ccccc12. The van der Waals surface area contributed by atoms with Crippen LogP contribution in [0.2, 0.25) is 0 Å². The second-order valence-electron chi connectivity index (χ2n) is 4.57. The average molecular weight is 242 g/mol. The topological polar surface area (TPSA) is 85.2 Å². The number of pyridine rings is 1. The molecule has 92 valence electrons. The van der Waals surface area contributed by atoms with E-state index >= 15 is 0 Å². The van der Waals surface area contributed by atoms with Gasteiger partial charge in [0.2, 0.25) is 5.91 Å². The van der Waals surface area contributed by atoms with Gasteiger partial charge in [-0.15, -0.1) is 0 Å². The number of benzene rings is 1. The average Bonchev–Trinajstić information content (AvgIpc) is 2.33. The standard InChI is InChI=1S/C13H14N4O/c14-8-6-17(7-8)12-5-10(13(15)18)9-3-1-2-4-11(9)16-12/h1-5,8H,6-7,14H2,(H2,15,18). The number of para-hydroxylation sites is 1. The van der Waals surface area contributed by atoms with E-state index in [9.17, 15) is 4.79 Å². The summed E-state index contributed by atoms with van der Waals surface area (Å²) in [7, 11) is 0. The van der Waals surface area contributed by atoms with E-state index in [2.05, 4.69) is 4.98 Å². The lowest BCUT2D eigenvalue weighted by atomic mass is 10.1. The quantitative estimate of drug-likeness (QED) is 0.802. The van der Waals surface area contributed by atoms with E-state index < -0.39 is 5.91 Å². The number of amides is 1. The third-order valence-electron chi connectivity index (χ3n) is 3.20. The van der Waals surface area contributed by atoms with E-state index in [1.165, 1.54) is 0 Å². The van der Waals surface area contributed by atoms with Gasteiger partial charge in [0.25, 0.3) is 0 Å². The van der Waals surface area contributed by atoms with Crippen LogP contribution in [0.4, 0.5) is 5.82 Å². The van der Waals surface area contributed by atoms with Gasteiger partial charge in [-0.25, -0.2) is 4.98 Å². The number of aromatic nitrogens is 1. The van der Waals surface area contributed by atoms with Gasteiger partial charge in [-0.1, -0.05) is 18.2 Å². The number of rotatable bonds is 2. The first kappa shape index (κ1) is 11.0. The number of carbonyl (C=O) groups excluding carboxylic acids is 1. The summed E-state index contributed by atoms with van der Waals surface area (Å²) in [6, 6.07) is 9.44. The van der Waals surface area contributed by atoms with Crippen molar-refractivity contribution in [1.29, 1.82) is 0 Å². The number of nitrogens with two attached hydrogens (primary N) is 2. The smallest absolute Gasteiger partial charge is 0.249 e. The predicted octanol–water partition coefficient (Wildman–Crippen LogP) is 0.481. The third kappa shape index (κ3) is 1.69. The molecule has 2 aromatic rings. The molecule has 0 saturated carbocycles. The Morgan fingerprint density at radius 3 is 2.72 bits per heavy atom. The first-order valence-corrected chi connectivity index (χ1v) is 5.85. The zero-order valence-corrected chi connectivity index (χ0v) is 9.84. The highest BCUT2D eigenvalue weighted by molar-refractivity contribution is 6.06. The van der Waals surface area contributed by atoms with Gasteiger partial charge in [-0.2, -0.15) is 0 Å². The monoisotopic (exact) mass is 242 g/mol. The van der Waals surface area contributed by atoms with Gasteiger partial charge in [0, 0.05) is 24.5 Å².